The number of anilines is 1. The van der Waals surface area contributed by atoms with Crippen molar-refractivity contribution in [2.45, 2.75) is 32.3 Å². The predicted octanol–water partition coefficient (Wildman–Crippen LogP) is 3.54. The Morgan fingerprint density at radius 1 is 1.25 bits per heavy atom. The summed E-state index contributed by atoms with van der Waals surface area (Å²) in [5.74, 6) is 2.17. The van der Waals surface area contributed by atoms with Crippen LogP contribution >= 0.6 is 0 Å². The molecular weight excluding hydrogens is 414 g/mol. The summed E-state index contributed by atoms with van der Waals surface area (Å²) in [5.41, 5.74) is 0.900. The van der Waals surface area contributed by atoms with E-state index in [-0.39, 0.29) is 12.5 Å². The second-order valence-electron chi connectivity index (χ2n) is 7.21. The number of carbonyl (C=O) groups excluding carboxylic acids is 1. The number of aromatic amines is 1. The van der Waals surface area contributed by atoms with E-state index in [1.807, 2.05) is 0 Å². The maximum Gasteiger partial charge on any atom is 0.255 e. The van der Waals surface area contributed by atoms with E-state index >= 15 is 0 Å². The highest BCUT2D eigenvalue weighted by Gasteiger charge is 2.28. The normalized spacial score (nSPS) is 14.6. The molecule has 0 bridgehead atoms. The largest absolute Gasteiger partial charge is 0.493 e. The molecule has 1 unspecified atom stereocenters. The third-order valence-electron chi connectivity index (χ3n) is 4.98. The number of carbonyl (C=O) groups is 1. The van der Waals surface area contributed by atoms with Crippen molar-refractivity contribution in [3.05, 3.63) is 47.8 Å². The molecule has 2 aromatic carbocycles. The van der Waals surface area contributed by atoms with Crippen molar-refractivity contribution in [1.29, 1.82) is 0 Å². The highest BCUT2D eigenvalue weighted by molar-refractivity contribution is 6.05. The van der Waals surface area contributed by atoms with Crippen LogP contribution in [-0.4, -0.2) is 46.9 Å². The summed E-state index contributed by atoms with van der Waals surface area (Å²) in [4.78, 5) is 12.9. The number of aromatic nitrogens is 4. The molecule has 10 nitrogen and oxygen atoms in total. The van der Waals surface area contributed by atoms with E-state index in [4.69, 9.17) is 18.9 Å². The molecule has 1 aromatic heterocycles. The summed E-state index contributed by atoms with van der Waals surface area (Å²) in [6.45, 7) is 2.99. The summed E-state index contributed by atoms with van der Waals surface area (Å²) in [6, 6.07) is 10.4. The third-order valence-corrected chi connectivity index (χ3v) is 4.98. The van der Waals surface area contributed by atoms with Gasteiger partial charge in [-0.15, -0.1) is 5.10 Å². The molecule has 0 saturated carbocycles. The van der Waals surface area contributed by atoms with Crippen LogP contribution in [0.2, 0.25) is 0 Å². The predicted molar refractivity (Wildman–Crippen MR) is 115 cm³/mol. The van der Waals surface area contributed by atoms with Gasteiger partial charge in [0.15, 0.2) is 34.9 Å². The molecule has 1 aliphatic heterocycles. The Kier molecular flexibility index (Phi) is 6.69. The van der Waals surface area contributed by atoms with Crippen molar-refractivity contribution in [3.63, 3.8) is 0 Å². The molecule has 1 aliphatic rings. The van der Waals surface area contributed by atoms with E-state index in [0.717, 1.165) is 19.3 Å². The lowest BCUT2D eigenvalue weighted by molar-refractivity contribution is 0.0856. The van der Waals surface area contributed by atoms with Gasteiger partial charge in [0.1, 0.15) is 6.61 Å². The number of tetrazole rings is 1. The molecule has 1 atom stereocenters. The van der Waals surface area contributed by atoms with Crippen LogP contribution in [0.25, 0.3) is 0 Å². The van der Waals surface area contributed by atoms with Gasteiger partial charge in [0.05, 0.1) is 19.4 Å². The zero-order chi connectivity index (χ0) is 22.3. The van der Waals surface area contributed by atoms with Crippen LogP contribution in [-0.2, 0) is 0 Å². The van der Waals surface area contributed by atoms with Gasteiger partial charge in [-0.2, -0.15) is 0 Å². The van der Waals surface area contributed by atoms with Gasteiger partial charge in [-0.05, 0) is 47.2 Å². The Hall–Kier alpha value is -3.82. The smallest absolute Gasteiger partial charge is 0.255 e. The van der Waals surface area contributed by atoms with Gasteiger partial charge in [-0.25, -0.2) is 5.10 Å². The molecule has 0 fully saturated rings. The highest BCUT2D eigenvalue weighted by Crippen LogP contribution is 2.41. The molecule has 2 heterocycles. The van der Waals surface area contributed by atoms with E-state index in [9.17, 15) is 4.79 Å². The number of fused-ring (bicyclic) bond motifs is 1. The van der Waals surface area contributed by atoms with Crippen LogP contribution in [0.1, 0.15) is 48.5 Å². The maximum absolute atomic E-state index is 12.9. The van der Waals surface area contributed by atoms with Gasteiger partial charge in [0.25, 0.3) is 5.91 Å². The molecule has 168 valence electrons. The Bertz CT molecular complexity index is 1060. The number of hydrogen-bond donors (Lipinski definition) is 2. The molecule has 2 N–H and O–H groups in total. The molecule has 1 amide bonds. The molecule has 0 aliphatic carbocycles. The molecule has 3 aromatic rings. The molecule has 0 saturated heterocycles. The number of para-hydroxylation sites is 1. The van der Waals surface area contributed by atoms with Crippen molar-refractivity contribution in [2.75, 3.05) is 25.6 Å². The molecule has 32 heavy (non-hydrogen) atoms. The van der Waals surface area contributed by atoms with E-state index < -0.39 is 6.10 Å². The summed E-state index contributed by atoms with van der Waals surface area (Å²) < 4.78 is 23.0. The standard InChI is InChI=1S/C22H25N5O5/c1-3-4-5-11-30-16-10-9-14(12-18(16)29-2)22(28)23-15-7-6-8-17-20(15)32-19(13-31-17)21-24-26-27-25-21/h6-10,12,19H,3-5,11,13H2,1-2H3,(H,23,28)(H,24,25,26,27). The van der Waals surface area contributed by atoms with E-state index in [0.29, 0.717) is 46.7 Å². The number of methoxy groups -OCH3 is 1. The second-order valence-corrected chi connectivity index (χ2v) is 7.21. The van der Waals surface area contributed by atoms with Gasteiger partial charge < -0.3 is 24.3 Å². The van der Waals surface area contributed by atoms with E-state index in [1.165, 1.54) is 0 Å². The molecule has 0 spiro atoms. The second kappa shape index (κ2) is 9.99. The van der Waals surface area contributed by atoms with Crippen molar-refractivity contribution in [1.82, 2.24) is 20.6 Å². The first-order valence-corrected chi connectivity index (χ1v) is 10.5. The quantitative estimate of drug-likeness (QED) is 0.486. The van der Waals surface area contributed by atoms with Crippen molar-refractivity contribution < 1.29 is 23.7 Å². The molecule has 10 heteroatoms. The fraction of sp³-hybridized carbons (Fsp3) is 0.364. The molecule has 4 rings (SSSR count). The SMILES string of the molecule is CCCCCOc1ccc(C(=O)Nc2cccc3c2OC(c2nnn[nH]2)CO3)cc1OC. The van der Waals surface area contributed by atoms with Gasteiger partial charge in [-0.3, -0.25) is 4.79 Å². The van der Waals surface area contributed by atoms with Crippen LogP contribution in [0, 0.1) is 0 Å². The lowest BCUT2D eigenvalue weighted by atomic mass is 10.1. The number of nitrogens with one attached hydrogen (secondary N) is 2. The van der Waals surface area contributed by atoms with Gasteiger partial charge in [-0.1, -0.05) is 25.8 Å². The van der Waals surface area contributed by atoms with Gasteiger partial charge in [0, 0.05) is 5.56 Å². The number of nitrogens with zero attached hydrogens (tertiary/aromatic N) is 3. The Balaban J connectivity index is 1.49. The molecule has 0 radical (unpaired) electrons. The number of hydrogen-bond acceptors (Lipinski definition) is 8. The van der Waals surface area contributed by atoms with Crippen molar-refractivity contribution in [3.8, 4) is 23.0 Å². The maximum atomic E-state index is 12.9. The van der Waals surface area contributed by atoms with Crippen molar-refractivity contribution >= 4 is 11.6 Å². The van der Waals surface area contributed by atoms with Gasteiger partial charge in [0.2, 0.25) is 0 Å². The summed E-state index contributed by atoms with van der Waals surface area (Å²) in [7, 11) is 1.55. The number of amides is 1. The fourth-order valence-electron chi connectivity index (χ4n) is 3.29. The minimum Gasteiger partial charge on any atom is -0.493 e. The average molecular weight is 439 g/mol. The third kappa shape index (κ3) is 4.74. The highest BCUT2D eigenvalue weighted by atomic mass is 16.6. The first-order chi connectivity index (χ1) is 15.7. The minimum absolute atomic E-state index is 0.248. The fourth-order valence-corrected chi connectivity index (χ4v) is 3.29. The van der Waals surface area contributed by atoms with Crippen LogP contribution in [0.15, 0.2) is 36.4 Å². The monoisotopic (exact) mass is 439 g/mol. The first kappa shape index (κ1) is 21.4. The summed E-state index contributed by atoms with van der Waals surface area (Å²) in [6.07, 6.45) is 2.67. The zero-order valence-corrected chi connectivity index (χ0v) is 18.0. The van der Waals surface area contributed by atoms with Crippen LogP contribution in [0.3, 0.4) is 0 Å². The Morgan fingerprint density at radius 3 is 2.94 bits per heavy atom. The average Bonchev–Trinajstić information content (AvgIpc) is 3.37. The lowest BCUT2D eigenvalue weighted by Crippen LogP contribution is -2.24. The van der Waals surface area contributed by atoms with Crippen LogP contribution < -0.4 is 24.3 Å². The Labute approximate surface area is 185 Å². The van der Waals surface area contributed by atoms with Crippen LogP contribution in [0.5, 0.6) is 23.0 Å². The minimum atomic E-state index is -0.514. The lowest BCUT2D eigenvalue weighted by Gasteiger charge is -2.26. The van der Waals surface area contributed by atoms with E-state index in [2.05, 4.69) is 32.9 Å². The number of H-pyrrole nitrogens is 1. The van der Waals surface area contributed by atoms with Crippen molar-refractivity contribution in [2.24, 2.45) is 0 Å². The number of unbranched alkanes of at least 4 members (excludes halogenated alkanes) is 2. The zero-order valence-electron chi connectivity index (χ0n) is 18.0. The number of benzene rings is 2. The molecular formula is C22H25N5O5. The van der Waals surface area contributed by atoms with Gasteiger partial charge >= 0.3 is 0 Å². The Morgan fingerprint density at radius 2 is 2.16 bits per heavy atom. The number of ether oxygens (including phenoxy) is 4. The number of rotatable bonds is 9. The first-order valence-electron chi connectivity index (χ1n) is 10.5. The topological polar surface area (TPSA) is 120 Å². The summed E-state index contributed by atoms with van der Waals surface area (Å²) in [5, 5.41) is 16.6. The van der Waals surface area contributed by atoms with Crippen LogP contribution in [0.4, 0.5) is 5.69 Å². The summed E-state index contributed by atoms with van der Waals surface area (Å²) >= 11 is 0. The van der Waals surface area contributed by atoms with E-state index in [1.54, 1.807) is 43.5 Å².